The maximum atomic E-state index is 12.3. The van der Waals surface area contributed by atoms with E-state index in [0.717, 1.165) is 0 Å². The highest BCUT2D eigenvalue weighted by molar-refractivity contribution is 5.85. The third-order valence-corrected chi connectivity index (χ3v) is 1.01. The first-order chi connectivity index (χ1) is 6.68. The smallest absolute Gasteiger partial charge is 0.391 e. The molecule has 0 aliphatic heterocycles. The Morgan fingerprint density at radius 2 is 1.93 bits per heavy atom. The van der Waals surface area contributed by atoms with Crippen LogP contribution in [-0.2, 0) is 9.53 Å². The molecule has 0 spiro atoms. The van der Waals surface area contributed by atoms with Gasteiger partial charge in [0.25, 0.3) is 0 Å². The van der Waals surface area contributed by atoms with Gasteiger partial charge in [-0.1, -0.05) is 6.55 Å². The first-order valence-corrected chi connectivity index (χ1v) is 2.97. The lowest BCUT2D eigenvalue weighted by atomic mass is 10.3. The van der Waals surface area contributed by atoms with Crippen LogP contribution in [0.5, 0.6) is 0 Å². The van der Waals surface area contributed by atoms with Crippen molar-refractivity contribution >= 4 is 5.97 Å². The monoisotopic (exact) mass is 223 g/mol. The summed E-state index contributed by atoms with van der Waals surface area (Å²) in [5, 5.41) is 0. The number of rotatable bonds is 4. The summed E-state index contributed by atoms with van der Waals surface area (Å²) < 4.78 is 81.0. The number of ether oxygens (including phenoxy) is 1. The molecule has 0 saturated heterocycles. The molecule has 2 nitrogen and oxygen atoms in total. The predicted octanol–water partition coefficient (Wildman–Crippen LogP) is 2.21. The van der Waals surface area contributed by atoms with Gasteiger partial charge in [0.05, 0.1) is 1.37 Å². The molecule has 82 valence electrons. The zero-order valence-corrected chi connectivity index (χ0v) is 6.37. The molecule has 14 heavy (non-hydrogen) atoms. The van der Waals surface area contributed by atoms with E-state index in [-0.39, 0.29) is 6.55 Å². The fraction of sp³-hybridized carbons (Fsp3) is 0.500. The minimum absolute atomic E-state index is 0.313. The van der Waals surface area contributed by atoms with Crippen molar-refractivity contribution in [1.29, 1.82) is 0 Å². The fourth-order valence-electron chi connectivity index (χ4n) is 0.318. The molecule has 8 heteroatoms. The third-order valence-electron chi connectivity index (χ3n) is 1.01. The Hall–Kier alpha value is -1.21. The Balaban J connectivity index is 4.73. The second-order valence-electron chi connectivity index (χ2n) is 2.09. The van der Waals surface area contributed by atoms with Gasteiger partial charge in [0.1, 0.15) is 0 Å². The molecule has 0 aliphatic rings. The van der Waals surface area contributed by atoms with Crippen LogP contribution in [-0.4, -0.2) is 24.7 Å². The number of halogens is 6. The number of hydrogen-bond acceptors (Lipinski definition) is 2. The Kier molecular flexibility index (Phi) is 3.02. The molecule has 0 heterocycles. The summed E-state index contributed by atoms with van der Waals surface area (Å²) in [7, 11) is 0. The Bertz CT molecular complexity index is 277. The molecular weight excluding hydrogens is 218 g/mol. The predicted molar refractivity (Wildman–Crippen MR) is 32.2 cm³/mol. The van der Waals surface area contributed by atoms with E-state index in [2.05, 4.69) is 4.74 Å². The van der Waals surface area contributed by atoms with Gasteiger partial charge < -0.3 is 4.74 Å². The molecule has 0 aromatic rings. The van der Waals surface area contributed by atoms with Crippen LogP contribution < -0.4 is 0 Å². The number of alkyl halides is 5. The van der Waals surface area contributed by atoms with Crippen LogP contribution in [0.2, 0.25) is 0 Å². The molecule has 0 N–H and O–H groups in total. The summed E-state index contributed by atoms with van der Waals surface area (Å²) in [4.78, 5) is 10.2. The summed E-state index contributed by atoms with van der Waals surface area (Å²) in [6.45, 7) is -3.09. The van der Waals surface area contributed by atoms with Crippen molar-refractivity contribution in [2.45, 2.75) is 12.0 Å². The highest BCUT2D eigenvalue weighted by atomic mass is 19.3. The second-order valence-corrected chi connectivity index (χ2v) is 2.09. The highest BCUT2D eigenvalue weighted by Gasteiger charge is 2.60. The van der Waals surface area contributed by atoms with Gasteiger partial charge >= 0.3 is 18.0 Å². The molecule has 0 aliphatic carbocycles. The van der Waals surface area contributed by atoms with E-state index >= 15 is 0 Å². The van der Waals surface area contributed by atoms with E-state index in [0.29, 0.717) is 0 Å². The van der Waals surface area contributed by atoms with E-state index in [4.69, 9.17) is 1.37 Å². The molecule has 0 unspecified atom stereocenters. The lowest BCUT2D eigenvalue weighted by Gasteiger charge is -2.22. The van der Waals surface area contributed by atoms with Crippen molar-refractivity contribution < 1.29 is 37.2 Å². The minimum Gasteiger partial charge on any atom is -0.391 e. The van der Waals surface area contributed by atoms with Gasteiger partial charge in [0.15, 0.2) is 6.67 Å². The fourth-order valence-corrected chi connectivity index (χ4v) is 0.318. The number of esters is 1. The average molecular weight is 223 g/mol. The Labute approximate surface area is 75.5 Å². The van der Waals surface area contributed by atoms with Crippen LogP contribution in [0, 0.1) is 0 Å². The van der Waals surface area contributed by atoms with E-state index in [9.17, 15) is 31.1 Å². The quantitative estimate of drug-likeness (QED) is 0.415. The summed E-state index contributed by atoms with van der Waals surface area (Å²) in [5.74, 6) is -9.82. The SMILES string of the molecule is [2H]/C=C(\F)C(=O)OC(F)(F)C(F)(F)CF. The topological polar surface area (TPSA) is 26.3 Å². The molecule has 0 rings (SSSR count). The Morgan fingerprint density at radius 3 is 2.29 bits per heavy atom. The molecular formula is C6H4F6O2. The van der Waals surface area contributed by atoms with Gasteiger partial charge in [-0.3, -0.25) is 0 Å². The van der Waals surface area contributed by atoms with Crippen LogP contribution >= 0.6 is 0 Å². The van der Waals surface area contributed by atoms with Crippen LogP contribution in [0.1, 0.15) is 1.37 Å². The first-order valence-electron chi connectivity index (χ1n) is 3.54. The van der Waals surface area contributed by atoms with Gasteiger partial charge in [0.2, 0.25) is 5.83 Å². The summed E-state index contributed by atoms with van der Waals surface area (Å²) in [6, 6.07) is 0. The summed E-state index contributed by atoms with van der Waals surface area (Å²) in [6.07, 6.45) is -5.47. The number of hydrogen-bond donors (Lipinski definition) is 0. The standard InChI is InChI=1S/C6H4F6O2/c1-3(8)4(13)14-6(11,12)5(9,10)2-7/h1-2H2/i1D/b3-1-. The van der Waals surface area contributed by atoms with E-state index in [1.165, 1.54) is 0 Å². The van der Waals surface area contributed by atoms with E-state index in [1.54, 1.807) is 0 Å². The maximum Gasteiger partial charge on any atom is 0.469 e. The maximum absolute atomic E-state index is 12.3. The lowest BCUT2D eigenvalue weighted by molar-refractivity contribution is -0.332. The minimum atomic E-state index is -5.47. The number of carbonyl (C=O) groups is 1. The number of carbonyl (C=O) groups excluding carboxylic acids is 1. The van der Waals surface area contributed by atoms with Gasteiger partial charge in [-0.15, -0.1) is 0 Å². The molecule has 0 radical (unpaired) electrons. The van der Waals surface area contributed by atoms with Crippen LogP contribution in [0.4, 0.5) is 26.3 Å². The van der Waals surface area contributed by atoms with Crippen molar-refractivity contribution in [3.8, 4) is 0 Å². The van der Waals surface area contributed by atoms with E-state index < -0.39 is 30.5 Å². The van der Waals surface area contributed by atoms with Gasteiger partial charge in [-0.2, -0.15) is 22.0 Å². The van der Waals surface area contributed by atoms with Crippen LogP contribution in [0.15, 0.2) is 12.4 Å². The third kappa shape index (κ3) is 2.64. The largest absolute Gasteiger partial charge is 0.469 e. The first kappa shape index (κ1) is 10.9. The van der Waals surface area contributed by atoms with Gasteiger partial charge in [0, 0.05) is 0 Å². The molecule has 0 atom stereocenters. The van der Waals surface area contributed by atoms with Gasteiger partial charge in [-0.05, 0) is 0 Å². The Morgan fingerprint density at radius 1 is 1.43 bits per heavy atom. The zero-order valence-electron chi connectivity index (χ0n) is 7.37. The van der Waals surface area contributed by atoms with Crippen molar-refractivity contribution in [1.82, 2.24) is 0 Å². The molecule has 0 bridgehead atoms. The van der Waals surface area contributed by atoms with E-state index in [1.807, 2.05) is 0 Å². The average Bonchev–Trinajstić information content (AvgIpc) is 2.15. The normalized spacial score (nSPS) is 15.0. The van der Waals surface area contributed by atoms with Crippen molar-refractivity contribution in [3.05, 3.63) is 12.4 Å². The zero-order chi connectivity index (χ0) is 12.3. The molecule has 0 fully saturated rings. The van der Waals surface area contributed by atoms with Crippen LogP contribution in [0.3, 0.4) is 0 Å². The van der Waals surface area contributed by atoms with Gasteiger partial charge in [-0.25, -0.2) is 9.18 Å². The van der Waals surface area contributed by atoms with Crippen molar-refractivity contribution in [2.75, 3.05) is 6.67 Å². The summed E-state index contributed by atoms with van der Waals surface area (Å²) in [5.41, 5.74) is 0. The lowest BCUT2D eigenvalue weighted by Crippen LogP contribution is -2.45. The van der Waals surface area contributed by atoms with Crippen molar-refractivity contribution in [2.24, 2.45) is 0 Å². The molecule has 0 aromatic heterocycles. The molecule has 0 amide bonds. The highest BCUT2D eigenvalue weighted by Crippen LogP contribution is 2.36. The molecule has 0 aromatic carbocycles. The second kappa shape index (κ2) is 3.89. The summed E-state index contributed by atoms with van der Waals surface area (Å²) >= 11 is 0. The molecule has 0 saturated carbocycles. The van der Waals surface area contributed by atoms with Crippen molar-refractivity contribution in [3.63, 3.8) is 0 Å². The van der Waals surface area contributed by atoms with Crippen LogP contribution in [0.25, 0.3) is 0 Å².